The summed E-state index contributed by atoms with van der Waals surface area (Å²) in [6, 6.07) is 9.35. The molecule has 1 rings (SSSR count). The van der Waals surface area contributed by atoms with Crippen LogP contribution in [0, 0.1) is 10.1 Å². The number of nitrogens with zero attached hydrogens (tertiary/aromatic N) is 1. The fraction of sp³-hybridized carbons (Fsp3) is 0.500. The third kappa shape index (κ3) is 4.71. The first kappa shape index (κ1) is 15.8. The molecule has 0 radical (unpaired) electrons. The van der Waals surface area contributed by atoms with Gasteiger partial charge in [0.2, 0.25) is 6.54 Å². The summed E-state index contributed by atoms with van der Waals surface area (Å²) in [4.78, 5) is 9.98. The molecule has 106 valence electrons. The highest BCUT2D eigenvalue weighted by atomic mass is 28.4. The van der Waals surface area contributed by atoms with Gasteiger partial charge in [-0.1, -0.05) is 30.3 Å². The molecule has 0 amide bonds. The molecular weight excluding hydrogens is 266 g/mol. The standard InChI is InChI=1S/C12H19NO5Si/c1-3-16-19(17-4-2,18-11-10-13(14)15)12-8-6-5-7-9-12/h5-9H,3-4,10-11H2,1-2H3. The third-order valence-electron chi connectivity index (χ3n) is 2.36. The van der Waals surface area contributed by atoms with E-state index in [0.717, 1.165) is 5.19 Å². The number of nitro groups is 1. The molecule has 0 saturated heterocycles. The van der Waals surface area contributed by atoms with Gasteiger partial charge in [0.05, 0.1) is 0 Å². The van der Waals surface area contributed by atoms with Crippen molar-refractivity contribution < 1.29 is 18.2 Å². The van der Waals surface area contributed by atoms with Crippen molar-refractivity contribution in [2.75, 3.05) is 26.4 Å². The molecule has 1 aromatic rings. The SMILES string of the molecule is CCO[Si](OCC)(OCC[N+](=O)[O-])c1ccccc1. The fourth-order valence-electron chi connectivity index (χ4n) is 1.65. The Labute approximate surface area is 113 Å². The minimum atomic E-state index is -3.04. The van der Waals surface area contributed by atoms with Gasteiger partial charge in [-0.2, -0.15) is 0 Å². The molecule has 0 heterocycles. The van der Waals surface area contributed by atoms with Gasteiger partial charge in [0, 0.05) is 23.3 Å². The molecule has 0 spiro atoms. The van der Waals surface area contributed by atoms with Crippen molar-refractivity contribution in [3.8, 4) is 0 Å². The molecule has 0 saturated carbocycles. The molecule has 6 nitrogen and oxygen atoms in total. The van der Waals surface area contributed by atoms with Gasteiger partial charge in [0.25, 0.3) is 0 Å². The van der Waals surface area contributed by atoms with Crippen LogP contribution in [0.3, 0.4) is 0 Å². The number of hydrogen-bond acceptors (Lipinski definition) is 5. The van der Waals surface area contributed by atoms with Crippen LogP contribution in [0.1, 0.15) is 13.8 Å². The lowest BCUT2D eigenvalue weighted by atomic mass is 10.4. The van der Waals surface area contributed by atoms with Crippen LogP contribution in [0.25, 0.3) is 0 Å². The Morgan fingerprint density at radius 2 is 1.68 bits per heavy atom. The molecule has 7 heteroatoms. The Kier molecular flexibility index (Phi) is 6.64. The fourth-order valence-corrected chi connectivity index (χ4v) is 4.12. The Morgan fingerprint density at radius 3 is 2.16 bits per heavy atom. The second kappa shape index (κ2) is 8.00. The van der Waals surface area contributed by atoms with E-state index in [2.05, 4.69) is 0 Å². The normalized spacial score (nSPS) is 11.5. The molecule has 0 bridgehead atoms. The summed E-state index contributed by atoms with van der Waals surface area (Å²) in [5, 5.41) is 11.2. The van der Waals surface area contributed by atoms with Gasteiger partial charge in [-0.3, -0.25) is 10.1 Å². The lowest BCUT2D eigenvalue weighted by Crippen LogP contribution is -2.57. The monoisotopic (exact) mass is 285 g/mol. The first-order valence-corrected chi connectivity index (χ1v) is 7.96. The van der Waals surface area contributed by atoms with Crippen LogP contribution in [0.2, 0.25) is 0 Å². The first-order valence-electron chi connectivity index (χ1n) is 6.23. The number of rotatable bonds is 9. The summed E-state index contributed by atoms with van der Waals surface area (Å²) in [6.45, 7) is 4.27. The number of benzene rings is 1. The molecule has 0 aromatic heterocycles. The van der Waals surface area contributed by atoms with Crippen LogP contribution in [0.15, 0.2) is 30.3 Å². The van der Waals surface area contributed by atoms with Crippen LogP contribution in [0.4, 0.5) is 0 Å². The van der Waals surface area contributed by atoms with Gasteiger partial charge in [-0.05, 0) is 13.8 Å². The molecule has 0 N–H and O–H groups in total. The number of hydrogen-bond donors (Lipinski definition) is 0. The van der Waals surface area contributed by atoms with Gasteiger partial charge in [0.1, 0.15) is 6.61 Å². The summed E-state index contributed by atoms with van der Waals surface area (Å²) in [6.07, 6.45) is 0. The highest BCUT2D eigenvalue weighted by Gasteiger charge is 2.43. The van der Waals surface area contributed by atoms with Crippen LogP contribution in [0.5, 0.6) is 0 Å². The zero-order chi connectivity index (χ0) is 14.1. The molecule has 1 aromatic carbocycles. The maximum atomic E-state index is 10.4. The van der Waals surface area contributed by atoms with Crippen molar-refractivity contribution in [2.45, 2.75) is 13.8 Å². The van der Waals surface area contributed by atoms with E-state index in [1.165, 1.54) is 0 Å². The van der Waals surface area contributed by atoms with Crippen molar-refractivity contribution >= 4 is 14.0 Å². The van der Waals surface area contributed by atoms with E-state index in [-0.39, 0.29) is 13.2 Å². The zero-order valence-electron chi connectivity index (χ0n) is 11.2. The quantitative estimate of drug-likeness (QED) is 0.387. The summed E-state index contributed by atoms with van der Waals surface area (Å²) in [7, 11) is -3.04. The minimum Gasteiger partial charge on any atom is -0.370 e. The topological polar surface area (TPSA) is 70.8 Å². The average molecular weight is 285 g/mol. The van der Waals surface area contributed by atoms with E-state index in [9.17, 15) is 10.1 Å². The first-order chi connectivity index (χ1) is 9.14. The van der Waals surface area contributed by atoms with E-state index >= 15 is 0 Å². The molecule has 0 aliphatic carbocycles. The zero-order valence-corrected chi connectivity index (χ0v) is 12.2. The molecular formula is C12H19NO5Si. The molecule has 19 heavy (non-hydrogen) atoms. The van der Waals surface area contributed by atoms with Crippen LogP contribution >= 0.6 is 0 Å². The summed E-state index contributed by atoms with van der Waals surface area (Å²) < 4.78 is 17.1. The van der Waals surface area contributed by atoms with Crippen molar-refractivity contribution in [3.05, 3.63) is 40.4 Å². The lowest BCUT2D eigenvalue weighted by molar-refractivity contribution is -0.482. The summed E-state index contributed by atoms with van der Waals surface area (Å²) >= 11 is 0. The highest BCUT2D eigenvalue weighted by molar-refractivity contribution is 6.75. The van der Waals surface area contributed by atoms with Crippen molar-refractivity contribution in [3.63, 3.8) is 0 Å². The van der Waals surface area contributed by atoms with Crippen LogP contribution in [-0.2, 0) is 13.3 Å². The van der Waals surface area contributed by atoms with Gasteiger partial charge < -0.3 is 13.3 Å². The predicted molar refractivity (Wildman–Crippen MR) is 72.9 cm³/mol. The minimum absolute atomic E-state index is 0.0197. The molecule has 0 unspecified atom stereocenters. The maximum Gasteiger partial charge on any atom is 0.537 e. The van der Waals surface area contributed by atoms with E-state index < -0.39 is 13.7 Å². The molecule has 0 atom stereocenters. The van der Waals surface area contributed by atoms with Gasteiger partial charge in [0.15, 0.2) is 0 Å². The third-order valence-corrected chi connectivity index (χ3v) is 5.32. The van der Waals surface area contributed by atoms with Crippen molar-refractivity contribution in [2.24, 2.45) is 0 Å². The molecule has 0 aliphatic heterocycles. The maximum absolute atomic E-state index is 10.4. The Balaban J connectivity index is 2.89. The highest BCUT2D eigenvalue weighted by Crippen LogP contribution is 2.10. The molecule has 0 aliphatic rings. The largest absolute Gasteiger partial charge is 0.537 e. The summed E-state index contributed by atoms with van der Waals surface area (Å²) in [5.74, 6) is 0. The Morgan fingerprint density at radius 1 is 1.11 bits per heavy atom. The van der Waals surface area contributed by atoms with E-state index in [1.54, 1.807) is 0 Å². The average Bonchev–Trinajstić information content (AvgIpc) is 2.39. The van der Waals surface area contributed by atoms with E-state index in [1.807, 2.05) is 44.2 Å². The Hall–Kier alpha value is -1.28. The van der Waals surface area contributed by atoms with E-state index in [0.29, 0.717) is 13.2 Å². The Bertz CT molecular complexity index is 381. The van der Waals surface area contributed by atoms with Crippen LogP contribution < -0.4 is 5.19 Å². The lowest BCUT2D eigenvalue weighted by Gasteiger charge is -2.28. The molecule has 0 fully saturated rings. The second-order valence-corrected chi connectivity index (χ2v) is 6.25. The smallest absolute Gasteiger partial charge is 0.370 e. The van der Waals surface area contributed by atoms with E-state index in [4.69, 9.17) is 13.3 Å². The second-order valence-electron chi connectivity index (χ2n) is 3.69. The van der Waals surface area contributed by atoms with Crippen molar-refractivity contribution in [1.82, 2.24) is 0 Å². The van der Waals surface area contributed by atoms with Gasteiger partial charge >= 0.3 is 8.80 Å². The summed E-state index contributed by atoms with van der Waals surface area (Å²) in [5.41, 5.74) is 0. The van der Waals surface area contributed by atoms with Crippen molar-refractivity contribution in [1.29, 1.82) is 0 Å². The van der Waals surface area contributed by atoms with Gasteiger partial charge in [-0.25, -0.2) is 0 Å². The van der Waals surface area contributed by atoms with Gasteiger partial charge in [-0.15, -0.1) is 0 Å². The predicted octanol–water partition coefficient (Wildman–Crippen LogP) is 1.20. The van der Waals surface area contributed by atoms with Crippen LogP contribution in [-0.4, -0.2) is 40.1 Å².